The van der Waals surface area contributed by atoms with Gasteiger partial charge < -0.3 is 10.0 Å². The lowest BCUT2D eigenvalue weighted by molar-refractivity contribution is -0.905. The van der Waals surface area contributed by atoms with E-state index in [4.69, 9.17) is 5.11 Å². The molecule has 0 radical (unpaired) electrons. The summed E-state index contributed by atoms with van der Waals surface area (Å²) in [6.07, 6.45) is 5.18. The molecule has 1 fully saturated rings. The molecule has 2 nitrogen and oxygen atoms in total. The minimum absolute atomic E-state index is 0.365. The molecule has 2 N–H and O–H groups in total. The Balaban J connectivity index is 2.02. The third-order valence-corrected chi connectivity index (χ3v) is 2.25. The Labute approximate surface area is 62.8 Å². The molecule has 1 aliphatic rings. The van der Waals surface area contributed by atoms with Gasteiger partial charge in [-0.15, -0.1) is 0 Å². The summed E-state index contributed by atoms with van der Waals surface area (Å²) < 4.78 is 0. The van der Waals surface area contributed by atoms with Crippen LogP contribution in [0.2, 0.25) is 0 Å². The molecule has 2 heteroatoms. The van der Waals surface area contributed by atoms with Crippen LogP contribution in [-0.4, -0.2) is 31.3 Å². The molecule has 10 heavy (non-hydrogen) atoms. The lowest BCUT2D eigenvalue weighted by Gasteiger charge is -2.22. The summed E-state index contributed by atoms with van der Waals surface area (Å²) in [4.78, 5) is 1.69. The first-order valence-corrected chi connectivity index (χ1v) is 4.38. The molecule has 0 bridgehead atoms. The summed E-state index contributed by atoms with van der Waals surface area (Å²) in [5, 5.41) is 8.58. The van der Waals surface area contributed by atoms with Gasteiger partial charge in [0.2, 0.25) is 0 Å². The lowest BCUT2D eigenvalue weighted by atomic mass is 10.1. The number of hydrogen-bond donors (Lipinski definition) is 2. The average molecular weight is 144 g/mol. The minimum Gasteiger partial charge on any atom is -0.396 e. The molecule has 0 aromatic carbocycles. The summed E-state index contributed by atoms with van der Waals surface area (Å²) in [7, 11) is 0. The maximum Gasteiger partial charge on any atom is 0.0793 e. The van der Waals surface area contributed by atoms with Crippen molar-refractivity contribution in [2.24, 2.45) is 0 Å². The standard InChI is InChI=1S/C8H17NO/c10-8-4-7-9-5-2-1-3-6-9/h10H,1-8H2/p+1. The predicted molar refractivity (Wildman–Crippen MR) is 41.1 cm³/mol. The van der Waals surface area contributed by atoms with Crippen molar-refractivity contribution in [1.82, 2.24) is 0 Å². The number of aliphatic hydroxyl groups is 1. The van der Waals surface area contributed by atoms with E-state index in [1.54, 1.807) is 4.90 Å². The lowest BCUT2D eigenvalue weighted by Crippen LogP contribution is -3.12. The molecule has 1 aliphatic heterocycles. The van der Waals surface area contributed by atoms with E-state index in [2.05, 4.69) is 0 Å². The number of rotatable bonds is 3. The molecule has 0 aromatic heterocycles. The second-order valence-corrected chi connectivity index (χ2v) is 3.14. The van der Waals surface area contributed by atoms with Gasteiger partial charge in [-0.3, -0.25) is 0 Å². The van der Waals surface area contributed by atoms with E-state index in [0.29, 0.717) is 6.61 Å². The number of likely N-dealkylation sites (tertiary alicyclic amines) is 1. The maximum absolute atomic E-state index is 8.58. The molecule has 0 saturated carbocycles. The van der Waals surface area contributed by atoms with E-state index in [1.165, 1.54) is 38.9 Å². The van der Waals surface area contributed by atoms with Crippen LogP contribution in [0.3, 0.4) is 0 Å². The summed E-state index contributed by atoms with van der Waals surface area (Å²) in [6.45, 7) is 4.21. The van der Waals surface area contributed by atoms with Gasteiger partial charge in [-0.1, -0.05) is 0 Å². The Morgan fingerprint density at radius 3 is 2.40 bits per heavy atom. The molecule has 1 heterocycles. The molecule has 0 atom stereocenters. The number of piperidine rings is 1. The van der Waals surface area contributed by atoms with Crippen molar-refractivity contribution in [2.45, 2.75) is 25.7 Å². The first-order valence-electron chi connectivity index (χ1n) is 4.38. The van der Waals surface area contributed by atoms with Gasteiger partial charge in [0.05, 0.1) is 19.6 Å². The Hall–Kier alpha value is -0.0800. The van der Waals surface area contributed by atoms with E-state index in [1.807, 2.05) is 0 Å². The third-order valence-electron chi connectivity index (χ3n) is 2.25. The fourth-order valence-electron chi connectivity index (χ4n) is 1.63. The van der Waals surface area contributed by atoms with Gasteiger partial charge in [-0.25, -0.2) is 0 Å². The maximum atomic E-state index is 8.58. The van der Waals surface area contributed by atoms with Crippen LogP contribution in [0.5, 0.6) is 0 Å². The van der Waals surface area contributed by atoms with Crippen LogP contribution in [0.25, 0.3) is 0 Å². The van der Waals surface area contributed by atoms with Crippen molar-refractivity contribution >= 4 is 0 Å². The van der Waals surface area contributed by atoms with Crippen molar-refractivity contribution in [2.75, 3.05) is 26.2 Å². The van der Waals surface area contributed by atoms with E-state index in [9.17, 15) is 0 Å². The highest BCUT2D eigenvalue weighted by molar-refractivity contribution is 4.45. The van der Waals surface area contributed by atoms with Gasteiger partial charge in [0.25, 0.3) is 0 Å². The van der Waals surface area contributed by atoms with Crippen molar-refractivity contribution in [1.29, 1.82) is 0 Å². The fourth-order valence-corrected chi connectivity index (χ4v) is 1.63. The zero-order valence-corrected chi connectivity index (χ0v) is 6.60. The molecule has 0 spiro atoms. The Morgan fingerprint density at radius 1 is 1.10 bits per heavy atom. The normalized spacial score (nSPS) is 21.3. The van der Waals surface area contributed by atoms with Gasteiger partial charge in [0.15, 0.2) is 0 Å². The fraction of sp³-hybridized carbons (Fsp3) is 1.00. The van der Waals surface area contributed by atoms with Crippen molar-refractivity contribution in [3.63, 3.8) is 0 Å². The number of quaternary nitrogens is 1. The molecule has 0 aromatic rings. The minimum atomic E-state index is 0.365. The highest BCUT2D eigenvalue weighted by Gasteiger charge is 2.11. The molecular formula is C8H18NO+. The number of aliphatic hydroxyl groups excluding tert-OH is 1. The molecule has 0 amide bonds. The van der Waals surface area contributed by atoms with Gasteiger partial charge >= 0.3 is 0 Å². The Bertz CT molecular complexity index is 79.3. The van der Waals surface area contributed by atoms with E-state index >= 15 is 0 Å². The first kappa shape index (κ1) is 8.02. The molecule has 1 rings (SSSR count). The van der Waals surface area contributed by atoms with Crippen LogP contribution in [0.1, 0.15) is 25.7 Å². The van der Waals surface area contributed by atoms with E-state index in [0.717, 1.165) is 6.42 Å². The smallest absolute Gasteiger partial charge is 0.0793 e. The largest absolute Gasteiger partial charge is 0.396 e. The van der Waals surface area contributed by atoms with Crippen molar-refractivity contribution < 1.29 is 10.0 Å². The molecule has 0 unspecified atom stereocenters. The van der Waals surface area contributed by atoms with Crippen LogP contribution in [0.4, 0.5) is 0 Å². The van der Waals surface area contributed by atoms with Gasteiger partial charge in [0, 0.05) is 13.0 Å². The average Bonchev–Trinajstić information content (AvgIpc) is 2.03. The summed E-state index contributed by atoms with van der Waals surface area (Å²) in [5.74, 6) is 0. The molecule has 60 valence electrons. The van der Waals surface area contributed by atoms with E-state index < -0.39 is 0 Å². The van der Waals surface area contributed by atoms with E-state index in [-0.39, 0.29) is 0 Å². The highest BCUT2D eigenvalue weighted by Crippen LogP contribution is 1.94. The van der Waals surface area contributed by atoms with Crippen LogP contribution in [-0.2, 0) is 0 Å². The quantitative estimate of drug-likeness (QED) is 0.545. The summed E-state index contributed by atoms with van der Waals surface area (Å²) in [5.41, 5.74) is 0. The molecule has 0 aliphatic carbocycles. The number of nitrogens with one attached hydrogen (secondary N) is 1. The third kappa shape index (κ3) is 2.67. The topological polar surface area (TPSA) is 24.7 Å². The second kappa shape index (κ2) is 4.69. The van der Waals surface area contributed by atoms with Crippen LogP contribution in [0.15, 0.2) is 0 Å². The summed E-state index contributed by atoms with van der Waals surface area (Å²) >= 11 is 0. The SMILES string of the molecule is OCCC[NH+]1CCCCC1. The van der Waals surface area contributed by atoms with Crippen LogP contribution < -0.4 is 4.90 Å². The van der Waals surface area contributed by atoms with Crippen LogP contribution >= 0.6 is 0 Å². The number of hydrogen-bond acceptors (Lipinski definition) is 1. The molecule has 1 saturated heterocycles. The van der Waals surface area contributed by atoms with Crippen LogP contribution in [0, 0.1) is 0 Å². The Morgan fingerprint density at radius 2 is 1.80 bits per heavy atom. The van der Waals surface area contributed by atoms with Crippen molar-refractivity contribution in [3.05, 3.63) is 0 Å². The van der Waals surface area contributed by atoms with Gasteiger partial charge in [-0.2, -0.15) is 0 Å². The zero-order chi connectivity index (χ0) is 7.23. The highest BCUT2D eigenvalue weighted by atomic mass is 16.3. The van der Waals surface area contributed by atoms with Gasteiger partial charge in [0.1, 0.15) is 0 Å². The van der Waals surface area contributed by atoms with Gasteiger partial charge in [-0.05, 0) is 19.3 Å². The monoisotopic (exact) mass is 144 g/mol. The zero-order valence-electron chi connectivity index (χ0n) is 6.60. The second-order valence-electron chi connectivity index (χ2n) is 3.14. The Kier molecular flexibility index (Phi) is 3.76. The van der Waals surface area contributed by atoms with Crippen molar-refractivity contribution in [3.8, 4) is 0 Å². The first-order chi connectivity index (χ1) is 4.93. The summed E-state index contributed by atoms with van der Waals surface area (Å²) in [6, 6.07) is 0. The predicted octanol–water partition coefficient (Wildman–Crippen LogP) is -0.562. The molecular weight excluding hydrogens is 126 g/mol.